The number of hydrogen-bond acceptors (Lipinski definition) is 6. The highest BCUT2D eigenvalue weighted by Gasteiger charge is 2.14. The molecule has 0 aliphatic carbocycles. The number of nitrogens with zero attached hydrogens (tertiary/aromatic N) is 2. The molecule has 0 bridgehead atoms. The third kappa shape index (κ3) is 4.37. The Morgan fingerprint density at radius 2 is 2.04 bits per heavy atom. The molecule has 2 N–H and O–H groups in total. The Hall–Kier alpha value is -2.83. The number of ether oxygens (including phenoxy) is 2. The van der Waals surface area contributed by atoms with Crippen LogP contribution in [0, 0.1) is 6.92 Å². The molecule has 1 aliphatic rings. The summed E-state index contributed by atoms with van der Waals surface area (Å²) in [5.41, 5.74) is 1.41. The maximum Gasteiger partial charge on any atom is 0.270 e. The van der Waals surface area contributed by atoms with E-state index in [1.807, 2.05) is 18.2 Å². The van der Waals surface area contributed by atoms with Crippen molar-refractivity contribution < 1.29 is 14.3 Å². The van der Waals surface area contributed by atoms with Crippen molar-refractivity contribution in [3.05, 3.63) is 41.3 Å². The Labute approximate surface area is 146 Å². The van der Waals surface area contributed by atoms with Crippen molar-refractivity contribution in [3.63, 3.8) is 0 Å². The molecule has 25 heavy (non-hydrogen) atoms. The first-order chi connectivity index (χ1) is 12.2. The minimum atomic E-state index is -0.176. The highest BCUT2D eigenvalue weighted by molar-refractivity contribution is 5.92. The van der Waals surface area contributed by atoms with Crippen molar-refractivity contribution in [1.82, 2.24) is 15.3 Å². The number of fused-ring (bicyclic) bond motifs is 1. The van der Waals surface area contributed by atoms with Crippen LogP contribution < -0.4 is 20.1 Å². The van der Waals surface area contributed by atoms with Crippen LogP contribution in [0.25, 0.3) is 0 Å². The first-order valence-corrected chi connectivity index (χ1v) is 8.42. The molecule has 0 radical (unpaired) electrons. The van der Waals surface area contributed by atoms with Crippen molar-refractivity contribution in [3.8, 4) is 11.5 Å². The molecule has 1 amide bonds. The number of amides is 1. The van der Waals surface area contributed by atoms with Crippen molar-refractivity contribution in [2.24, 2.45) is 0 Å². The molecule has 1 aromatic carbocycles. The van der Waals surface area contributed by atoms with Crippen LogP contribution in [0.2, 0.25) is 0 Å². The van der Waals surface area contributed by atoms with Crippen LogP contribution >= 0.6 is 0 Å². The predicted octanol–water partition coefficient (Wildman–Crippen LogP) is 2.66. The topological polar surface area (TPSA) is 85.4 Å². The van der Waals surface area contributed by atoms with Gasteiger partial charge in [0.25, 0.3) is 5.91 Å². The Morgan fingerprint density at radius 3 is 2.88 bits per heavy atom. The lowest BCUT2D eigenvalue weighted by Crippen LogP contribution is -2.25. The molecule has 7 nitrogen and oxygen atoms in total. The van der Waals surface area contributed by atoms with Crippen molar-refractivity contribution in [2.75, 3.05) is 18.7 Å². The van der Waals surface area contributed by atoms with Crippen LogP contribution in [0.1, 0.15) is 41.6 Å². The maximum absolute atomic E-state index is 12.2. The summed E-state index contributed by atoms with van der Waals surface area (Å²) >= 11 is 0. The molecule has 2 heterocycles. The number of hydrogen-bond donors (Lipinski definition) is 2. The van der Waals surface area contributed by atoms with Gasteiger partial charge in [-0.1, -0.05) is 19.4 Å². The van der Waals surface area contributed by atoms with E-state index in [1.54, 1.807) is 13.0 Å². The van der Waals surface area contributed by atoms with Gasteiger partial charge < -0.3 is 20.1 Å². The molecule has 132 valence electrons. The van der Waals surface area contributed by atoms with Crippen molar-refractivity contribution in [1.29, 1.82) is 0 Å². The second-order valence-electron chi connectivity index (χ2n) is 5.84. The van der Waals surface area contributed by atoms with Crippen molar-refractivity contribution >= 4 is 11.7 Å². The van der Waals surface area contributed by atoms with Gasteiger partial charge in [0.15, 0.2) is 11.5 Å². The zero-order chi connectivity index (χ0) is 17.6. The van der Waals surface area contributed by atoms with Gasteiger partial charge in [0, 0.05) is 19.2 Å². The first-order valence-electron chi connectivity index (χ1n) is 8.42. The smallest absolute Gasteiger partial charge is 0.270 e. The number of nitrogens with one attached hydrogen (secondary N) is 2. The summed E-state index contributed by atoms with van der Waals surface area (Å²) in [5.74, 6) is 2.49. The average Bonchev–Trinajstić information content (AvgIpc) is 3.07. The van der Waals surface area contributed by atoms with Crippen LogP contribution in [0.5, 0.6) is 11.5 Å². The second-order valence-corrected chi connectivity index (χ2v) is 5.84. The van der Waals surface area contributed by atoms with Gasteiger partial charge in [0.1, 0.15) is 17.3 Å². The number of anilines is 1. The molecule has 2 aromatic rings. The fourth-order valence-electron chi connectivity index (χ4n) is 2.49. The number of benzene rings is 1. The van der Waals surface area contributed by atoms with Crippen LogP contribution in [-0.2, 0) is 6.54 Å². The van der Waals surface area contributed by atoms with Gasteiger partial charge in [0.05, 0.1) is 0 Å². The van der Waals surface area contributed by atoms with Gasteiger partial charge in [0.2, 0.25) is 6.79 Å². The molecule has 0 saturated carbocycles. The molecular formula is C18H22N4O3. The first kappa shape index (κ1) is 17.0. The molecule has 7 heteroatoms. The average molecular weight is 342 g/mol. The van der Waals surface area contributed by atoms with Gasteiger partial charge >= 0.3 is 0 Å². The lowest BCUT2D eigenvalue weighted by Gasteiger charge is -2.09. The number of aryl methyl sites for hydroxylation is 1. The number of carbonyl (C=O) groups is 1. The SMILES string of the molecule is CCCCNC(=O)c1cc(NCc2ccc3c(c2)OCO3)nc(C)n1. The Kier molecular flexibility index (Phi) is 5.33. The summed E-state index contributed by atoms with van der Waals surface area (Å²) in [6.45, 7) is 5.32. The molecule has 0 unspecified atom stereocenters. The molecule has 0 spiro atoms. The summed E-state index contributed by atoms with van der Waals surface area (Å²) in [4.78, 5) is 20.7. The number of unbranched alkanes of at least 4 members (excludes halogenated alkanes) is 1. The Morgan fingerprint density at radius 1 is 1.20 bits per heavy atom. The summed E-state index contributed by atoms with van der Waals surface area (Å²) in [5, 5.41) is 6.10. The molecular weight excluding hydrogens is 320 g/mol. The Balaban J connectivity index is 1.65. The zero-order valence-corrected chi connectivity index (χ0v) is 14.5. The number of rotatable bonds is 7. The van der Waals surface area contributed by atoms with E-state index < -0.39 is 0 Å². The van der Waals surface area contributed by atoms with E-state index in [9.17, 15) is 4.79 Å². The lowest BCUT2D eigenvalue weighted by molar-refractivity contribution is 0.0948. The van der Waals surface area contributed by atoms with Gasteiger partial charge in [-0.2, -0.15) is 0 Å². The van der Waals surface area contributed by atoms with E-state index in [-0.39, 0.29) is 12.7 Å². The third-order valence-corrected chi connectivity index (χ3v) is 3.80. The summed E-state index contributed by atoms with van der Waals surface area (Å²) in [6.07, 6.45) is 1.98. The molecule has 3 rings (SSSR count). The third-order valence-electron chi connectivity index (χ3n) is 3.80. The van der Waals surface area contributed by atoms with Crippen LogP contribution in [0.3, 0.4) is 0 Å². The van der Waals surface area contributed by atoms with E-state index >= 15 is 0 Å². The predicted molar refractivity (Wildman–Crippen MR) is 93.9 cm³/mol. The van der Waals surface area contributed by atoms with E-state index in [2.05, 4.69) is 27.5 Å². The van der Waals surface area contributed by atoms with Crippen LogP contribution in [-0.4, -0.2) is 29.2 Å². The highest BCUT2D eigenvalue weighted by atomic mass is 16.7. The van der Waals surface area contributed by atoms with Gasteiger partial charge in [-0.05, 0) is 31.0 Å². The molecule has 1 aromatic heterocycles. The van der Waals surface area contributed by atoms with Gasteiger partial charge in [-0.15, -0.1) is 0 Å². The van der Waals surface area contributed by atoms with Crippen LogP contribution in [0.4, 0.5) is 5.82 Å². The van der Waals surface area contributed by atoms with E-state index in [0.717, 1.165) is 29.9 Å². The van der Waals surface area contributed by atoms with E-state index in [1.165, 1.54) is 0 Å². The van der Waals surface area contributed by atoms with Gasteiger partial charge in [-0.3, -0.25) is 4.79 Å². The minimum Gasteiger partial charge on any atom is -0.454 e. The minimum absolute atomic E-state index is 0.176. The summed E-state index contributed by atoms with van der Waals surface area (Å²) in [6, 6.07) is 7.45. The summed E-state index contributed by atoms with van der Waals surface area (Å²) in [7, 11) is 0. The monoisotopic (exact) mass is 342 g/mol. The fraction of sp³-hybridized carbons (Fsp3) is 0.389. The largest absolute Gasteiger partial charge is 0.454 e. The van der Waals surface area contributed by atoms with Crippen LogP contribution in [0.15, 0.2) is 24.3 Å². The molecule has 0 atom stereocenters. The molecule has 0 saturated heterocycles. The normalized spacial score (nSPS) is 12.1. The van der Waals surface area contributed by atoms with E-state index in [4.69, 9.17) is 9.47 Å². The zero-order valence-electron chi connectivity index (χ0n) is 14.5. The molecule has 1 aliphatic heterocycles. The number of aromatic nitrogens is 2. The Bertz CT molecular complexity index is 764. The highest BCUT2D eigenvalue weighted by Crippen LogP contribution is 2.32. The second kappa shape index (κ2) is 7.83. The van der Waals surface area contributed by atoms with Crippen molar-refractivity contribution in [2.45, 2.75) is 33.2 Å². The van der Waals surface area contributed by atoms with E-state index in [0.29, 0.717) is 30.4 Å². The summed E-state index contributed by atoms with van der Waals surface area (Å²) < 4.78 is 10.7. The fourth-order valence-corrected chi connectivity index (χ4v) is 2.49. The number of carbonyl (C=O) groups excluding carboxylic acids is 1. The quantitative estimate of drug-likeness (QED) is 0.753. The van der Waals surface area contributed by atoms with Gasteiger partial charge in [-0.25, -0.2) is 9.97 Å². The lowest BCUT2D eigenvalue weighted by atomic mass is 10.2. The molecule has 0 fully saturated rings. The maximum atomic E-state index is 12.2. The standard InChI is InChI=1S/C18H22N4O3/c1-3-4-7-19-18(23)14-9-17(22-12(2)21-14)20-10-13-5-6-15-16(8-13)25-11-24-15/h5-6,8-9H,3-4,7,10-11H2,1-2H3,(H,19,23)(H,20,21,22).